The summed E-state index contributed by atoms with van der Waals surface area (Å²) in [5.41, 5.74) is 1.64. The number of aliphatic hydroxyl groups excluding tert-OH is 3. The number of halogens is 1. The van der Waals surface area contributed by atoms with Crippen molar-refractivity contribution >= 4 is 23.4 Å². The van der Waals surface area contributed by atoms with Crippen LogP contribution in [0.5, 0.6) is 17.2 Å². The minimum absolute atomic E-state index is 0.434. The molecule has 0 aliphatic carbocycles. The van der Waals surface area contributed by atoms with Gasteiger partial charge in [-0.1, -0.05) is 17.7 Å². The topological polar surface area (TPSA) is 97.6 Å². The van der Waals surface area contributed by atoms with Crippen LogP contribution < -0.4 is 14.2 Å². The summed E-state index contributed by atoms with van der Waals surface area (Å²) in [6.07, 6.45) is -2.49. The van der Waals surface area contributed by atoms with Gasteiger partial charge in [-0.3, -0.25) is 0 Å². The quantitative estimate of drug-likeness (QED) is 0.616. The Morgan fingerprint density at radius 3 is 2.48 bits per heavy atom. The van der Waals surface area contributed by atoms with Crippen LogP contribution in [0.2, 0.25) is 5.02 Å². The van der Waals surface area contributed by atoms with Crippen molar-refractivity contribution in [3.05, 3.63) is 52.0 Å². The van der Waals surface area contributed by atoms with Crippen molar-refractivity contribution in [2.24, 2.45) is 0 Å². The van der Waals surface area contributed by atoms with E-state index in [1.54, 1.807) is 12.3 Å². The van der Waals surface area contributed by atoms with Crippen molar-refractivity contribution in [2.75, 3.05) is 26.6 Å². The van der Waals surface area contributed by atoms with Gasteiger partial charge in [0.25, 0.3) is 0 Å². The molecule has 1 fully saturated rings. The van der Waals surface area contributed by atoms with Crippen molar-refractivity contribution < 1.29 is 34.3 Å². The minimum atomic E-state index is -1.35. The summed E-state index contributed by atoms with van der Waals surface area (Å²) in [7, 11) is 1.50. The SMILES string of the molecule is COc1cc(Cl)c(Cc2ccc3c(c2)OCCO3)cc1[C@@H]1O[C@H](SC)[C@@H](O)[C@H](O)[C@H]1O. The molecular formula is C22H25ClO7S. The van der Waals surface area contributed by atoms with E-state index in [0.717, 1.165) is 11.1 Å². The van der Waals surface area contributed by atoms with E-state index in [1.165, 1.54) is 18.9 Å². The largest absolute Gasteiger partial charge is 0.496 e. The molecule has 0 amide bonds. The van der Waals surface area contributed by atoms with Gasteiger partial charge in [-0.25, -0.2) is 0 Å². The summed E-state index contributed by atoms with van der Waals surface area (Å²) >= 11 is 7.78. The lowest BCUT2D eigenvalue weighted by molar-refractivity contribution is -0.200. The third-order valence-electron chi connectivity index (χ3n) is 5.51. The zero-order valence-electron chi connectivity index (χ0n) is 17.2. The second-order valence-corrected chi connectivity index (χ2v) is 8.82. The average Bonchev–Trinajstić information content (AvgIpc) is 2.79. The number of hydrogen-bond donors (Lipinski definition) is 3. The Morgan fingerprint density at radius 1 is 1.03 bits per heavy atom. The van der Waals surface area contributed by atoms with E-state index in [4.69, 9.17) is 30.5 Å². The van der Waals surface area contributed by atoms with Gasteiger partial charge < -0.3 is 34.3 Å². The van der Waals surface area contributed by atoms with Crippen molar-refractivity contribution in [1.29, 1.82) is 0 Å². The summed E-state index contributed by atoms with van der Waals surface area (Å²) in [5.74, 6) is 1.84. The van der Waals surface area contributed by atoms with Gasteiger partial charge in [0.2, 0.25) is 0 Å². The fraction of sp³-hybridized carbons (Fsp3) is 0.455. The predicted octanol–water partition coefficient (Wildman–Crippen LogP) is 2.55. The van der Waals surface area contributed by atoms with E-state index in [1.807, 2.05) is 24.3 Å². The van der Waals surface area contributed by atoms with Crippen molar-refractivity contribution in [1.82, 2.24) is 0 Å². The maximum Gasteiger partial charge on any atom is 0.161 e. The molecule has 7 nitrogen and oxygen atoms in total. The molecule has 0 saturated carbocycles. The summed E-state index contributed by atoms with van der Waals surface area (Å²) in [5, 5.41) is 31.6. The Hall–Kier alpha value is -1.68. The lowest BCUT2D eigenvalue weighted by atomic mass is 9.92. The summed E-state index contributed by atoms with van der Waals surface area (Å²) in [6, 6.07) is 9.23. The number of hydrogen-bond acceptors (Lipinski definition) is 8. The van der Waals surface area contributed by atoms with Crippen molar-refractivity contribution in [3.63, 3.8) is 0 Å². The molecule has 2 aliphatic heterocycles. The molecule has 168 valence electrons. The smallest absolute Gasteiger partial charge is 0.161 e. The first-order valence-electron chi connectivity index (χ1n) is 9.90. The van der Waals surface area contributed by atoms with Crippen LogP contribution in [0.15, 0.2) is 30.3 Å². The highest BCUT2D eigenvalue weighted by atomic mass is 35.5. The highest BCUT2D eigenvalue weighted by molar-refractivity contribution is 7.99. The molecule has 2 heterocycles. The molecule has 3 N–H and O–H groups in total. The molecule has 0 aromatic heterocycles. The molecule has 2 aliphatic rings. The maximum atomic E-state index is 10.6. The van der Waals surface area contributed by atoms with Crippen LogP contribution in [0.3, 0.4) is 0 Å². The Kier molecular flexibility index (Phi) is 6.86. The molecule has 2 aromatic carbocycles. The van der Waals surface area contributed by atoms with E-state index < -0.39 is 29.9 Å². The average molecular weight is 469 g/mol. The fourth-order valence-corrected chi connectivity index (χ4v) is 4.76. The predicted molar refractivity (Wildman–Crippen MR) is 117 cm³/mol. The number of aliphatic hydroxyl groups is 3. The van der Waals surface area contributed by atoms with Gasteiger partial charge in [0.05, 0.1) is 7.11 Å². The monoisotopic (exact) mass is 468 g/mol. The number of rotatable bonds is 5. The van der Waals surface area contributed by atoms with Crippen LogP contribution in [0.25, 0.3) is 0 Å². The Morgan fingerprint density at radius 2 is 1.77 bits per heavy atom. The van der Waals surface area contributed by atoms with Gasteiger partial charge >= 0.3 is 0 Å². The highest BCUT2D eigenvalue weighted by Crippen LogP contribution is 2.41. The molecule has 31 heavy (non-hydrogen) atoms. The van der Waals surface area contributed by atoms with Gasteiger partial charge in [-0.2, -0.15) is 0 Å². The maximum absolute atomic E-state index is 10.6. The van der Waals surface area contributed by atoms with Gasteiger partial charge in [0.1, 0.15) is 48.8 Å². The summed E-state index contributed by atoms with van der Waals surface area (Å²) < 4.78 is 22.6. The van der Waals surface area contributed by atoms with Gasteiger partial charge in [0.15, 0.2) is 11.5 Å². The van der Waals surface area contributed by atoms with Crippen LogP contribution in [0.4, 0.5) is 0 Å². The fourth-order valence-electron chi connectivity index (χ4n) is 3.87. The molecule has 0 radical (unpaired) electrons. The van der Waals surface area contributed by atoms with Crippen molar-refractivity contribution in [2.45, 2.75) is 36.3 Å². The van der Waals surface area contributed by atoms with E-state index >= 15 is 0 Å². The Labute approximate surface area is 189 Å². The number of ether oxygens (including phenoxy) is 4. The van der Waals surface area contributed by atoms with Crippen molar-refractivity contribution in [3.8, 4) is 17.2 Å². The van der Waals surface area contributed by atoms with E-state index in [0.29, 0.717) is 47.5 Å². The third-order valence-corrected chi connectivity index (χ3v) is 6.71. The second kappa shape index (κ2) is 9.44. The lowest BCUT2D eigenvalue weighted by Crippen LogP contribution is -2.53. The first-order valence-corrected chi connectivity index (χ1v) is 11.6. The van der Waals surface area contributed by atoms with Crippen LogP contribution in [0.1, 0.15) is 22.8 Å². The standard InChI is InChI=1S/C22H25ClO7S/c1-27-16-10-14(23)12(7-11-3-4-15-17(8-11)29-6-5-28-15)9-13(16)21-19(25)18(24)20(26)22(30-21)31-2/h3-4,8-10,18-22,24-26H,5-7H2,1-2H3/t18-,19-,20+,21+,22-/m1/s1. The highest BCUT2D eigenvalue weighted by Gasteiger charge is 2.45. The first-order chi connectivity index (χ1) is 14.9. The third kappa shape index (κ3) is 4.46. The number of benzene rings is 2. The van der Waals surface area contributed by atoms with Crippen LogP contribution in [-0.4, -0.2) is 65.6 Å². The number of fused-ring (bicyclic) bond motifs is 1. The molecule has 9 heteroatoms. The van der Waals surface area contributed by atoms with Gasteiger partial charge in [-0.05, 0) is 48.1 Å². The van der Waals surface area contributed by atoms with Crippen LogP contribution in [0, 0.1) is 0 Å². The molecule has 0 bridgehead atoms. The van der Waals surface area contributed by atoms with E-state index in [9.17, 15) is 15.3 Å². The van der Waals surface area contributed by atoms with Crippen LogP contribution >= 0.6 is 23.4 Å². The summed E-state index contributed by atoms with van der Waals surface area (Å²) in [6.45, 7) is 1.03. The zero-order chi connectivity index (χ0) is 22.1. The van der Waals surface area contributed by atoms with Gasteiger partial charge in [0, 0.05) is 10.6 Å². The molecule has 1 saturated heterocycles. The Bertz CT molecular complexity index is 938. The zero-order valence-corrected chi connectivity index (χ0v) is 18.7. The normalized spacial score (nSPS) is 27.7. The molecule has 0 spiro atoms. The molecule has 5 atom stereocenters. The molecule has 4 rings (SSSR count). The number of methoxy groups -OCH3 is 1. The molecule has 2 aromatic rings. The number of thioether (sulfide) groups is 1. The van der Waals surface area contributed by atoms with Crippen LogP contribution in [-0.2, 0) is 11.2 Å². The minimum Gasteiger partial charge on any atom is -0.496 e. The van der Waals surface area contributed by atoms with E-state index in [-0.39, 0.29) is 0 Å². The first kappa shape index (κ1) is 22.5. The molecule has 0 unspecified atom stereocenters. The molecular weight excluding hydrogens is 444 g/mol. The lowest BCUT2D eigenvalue weighted by Gasteiger charge is -2.40. The second-order valence-electron chi connectivity index (χ2n) is 7.47. The summed E-state index contributed by atoms with van der Waals surface area (Å²) in [4.78, 5) is 0. The van der Waals surface area contributed by atoms with E-state index in [2.05, 4.69) is 0 Å². The Balaban J connectivity index is 1.67. The van der Waals surface area contributed by atoms with Gasteiger partial charge in [-0.15, -0.1) is 11.8 Å².